The Balaban J connectivity index is 0.00000181. The summed E-state index contributed by atoms with van der Waals surface area (Å²) in [7, 11) is 0. The fraction of sp³-hybridized carbons (Fsp3) is 0.565. The maximum atomic E-state index is 13.1. The van der Waals surface area contributed by atoms with Crippen LogP contribution in [0.5, 0.6) is 0 Å². The molecule has 2 N–H and O–H groups in total. The molecule has 0 aromatic carbocycles. The highest BCUT2D eigenvalue weighted by Crippen LogP contribution is 2.17. The minimum absolute atomic E-state index is 0. The van der Waals surface area contributed by atoms with Gasteiger partial charge < -0.3 is 15.2 Å². The predicted molar refractivity (Wildman–Crippen MR) is 136 cm³/mol. The lowest BCUT2D eigenvalue weighted by molar-refractivity contribution is 0.0906. The van der Waals surface area contributed by atoms with Crippen LogP contribution in [-0.2, 0) is 13.1 Å². The Morgan fingerprint density at radius 3 is 2.66 bits per heavy atom. The van der Waals surface area contributed by atoms with Gasteiger partial charge in [0.15, 0.2) is 0 Å². The highest BCUT2D eigenvalue weighted by Gasteiger charge is 2.24. The number of carbonyl (C=O) groups excluding carboxylic acids is 1. The number of halogens is 2. The summed E-state index contributed by atoms with van der Waals surface area (Å²) < 4.78 is 1.73. The van der Waals surface area contributed by atoms with Crippen molar-refractivity contribution in [3.63, 3.8) is 0 Å². The van der Waals surface area contributed by atoms with Crippen LogP contribution in [0.15, 0.2) is 34.6 Å². The zero-order valence-electron chi connectivity index (χ0n) is 18.5. The molecule has 1 amide bonds. The number of aromatic nitrogens is 1. The molecule has 1 atom stereocenters. The molecular formula is C23H34Cl2N4O2S. The molecule has 4 rings (SSSR count). The lowest BCUT2D eigenvalue weighted by atomic mass is 9.99. The van der Waals surface area contributed by atoms with Gasteiger partial charge >= 0.3 is 0 Å². The lowest BCUT2D eigenvalue weighted by Crippen LogP contribution is -2.46. The van der Waals surface area contributed by atoms with Crippen molar-refractivity contribution in [3.8, 4) is 0 Å². The Morgan fingerprint density at radius 1 is 1.22 bits per heavy atom. The highest BCUT2D eigenvalue weighted by molar-refractivity contribution is 7.09. The number of rotatable bonds is 6. The maximum absolute atomic E-state index is 13.1. The molecule has 4 heterocycles. The summed E-state index contributed by atoms with van der Waals surface area (Å²) in [5, 5.41) is 8.65. The quantitative estimate of drug-likeness (QED) is 0.637. The summed E-state index contributed by atoms with van der Waals surface area (Å²) in [5.74, 6) is 0.230. The summed E-state index contributed by atoms with van der Waals surface area (Å²) in [6.45, 7) is 7.44. The van der Waals surface area contributed by atoms with E-state index >= 15 is 0 Å². The number of amides is 1. The van der Waals surface area contributed by atoms with Crippen molar-refractivity contribution in [3.05, 3.63) is 56.1 Å². The van der Waals surface area contributed by atoms with Gasteiger partial charge in [0.2, 0.25) is 0 Å². The molecule has 2 saturated heterocycles. The van der Waals surface area contributed by atoms with Gasteiger partial charge in [-0.2, -0.15) is 0 Å². The van der Waals surface area contributed by atoms with Crippen molar-refractivity contribution in [2.75, 3.05) is 26.2 Å². The number of likely N-dealkylation sites (tertiary alicyclic amines) is 1. The minimum Gasteiger partial charge on any atom is -0.349 e. The van der Waals surface area contributed by atoms with E-state index in [0.717, 1.165) is 64.0 Å². The van der Waals surface area contributed by atoms with Crippen LogP contribution in [0.25, 0.3) is 0 Å². The number of piperidine rings is 2. The van der Waals surface area contributed by atoms with Crippen molar-refractivity contribution in [1.29, 1.82) is 0 Å². The van der Waals surface area contributed by atoms with Gasteiger partial charge in [0.05, 0.1) is 0 Å². The average molecular weight is 502 g/mol. The van der Waals surface area contributed by atoms with Gasteiger partial charge in [-0.15, -0.1) is 36.2 Å². The first-order valence-electron chi connectivity index (χ1n) is 11.1. The standard InChI is InChI=1S/C23H32N4O2S.2ClH/c1-17-6-12-27(15-18-4-2-9-24-14-18)23(29)21(17)22(28)25-19-7-10-26(11-8-19)16-20-5-3-13-30-20;;/h3,5-6,12-13,18-19,24H,2,4,7-11,14-16H2,1H3,(H,25,28);2*1H. The molecule has 178 valence electrons. The first kappa shape index (κ1) is 26.9. The summed E-state index contributed by atoms with van der Waals surface area (Å²) in [6, 6.07) is 6.29. The monoisotopic (exact) mass is 500 g/mol. The Labute approximate surface area is 206 Å². The van der Waals surface area contributed by atoms with Gasteiger partial charge in [-0.25, -0.2) is 0 Å². The second-order valence-electron chi connectivity index (χ2n) is 8.65. The molecule has 9 heteroatoms. The van der Waals surface area contributed by atoms with Crippen molar-refractivity contribution in [2.45, 2.75) is 51.7 Å². The molecule has 2 aliphatic rings. The van der Waals surface area contributed by atoms with Gasteiger partial charge in [-0.3, -0.25) is 14.5 Å². The predicted octanol–water partition coefficient (Wildman–Crippen LogP) is 3.46. The van der Waals surface area contributed by atoms with Crippen molar-refractivity contribution in [1.82, 2.24) is 20.1 Å². The van der Waals surface area contributed by atoms with Gasteiger partial charge in [-0.05, 0) is 74.7 Å². The van der Waals surface area contributed by atoms with Gasteiger partial charge in [-0.1, -0.05) is 6.07 Å². The SMILES string of the molecule is Cc1ccn(CC2CCCNC2)c(=O)c1C(=O)NC1CCN(Cc2cccs2)CC1.Cl.Cl. The number of hydrogen-bond donors (Lipinski definition) is 2. The summed E-state index contributed by atoms with van der Waals surface area (Å²) in [4.78, 5) is 29.9. The smallest absolute Gasteiger partial charge is 0.263 e. The minimum atomic E-state index is -0.217. The van der Waals surface area contributed by atoms with E-state index < -0.39 is 0 Å². The molecule has 2 aromatic heterocycles. The van der Waals surface area contributed by atoms with E-state index in [1.165, 1.54) is 4.88 Å². The van der Waals surface area contributed by atoms with Crippen molar-refractivity contribution < 1.29 is 4.79 Å². The third-order valence-corrected chi connectivity index (χ3v) is 7.20. The number of pyridine rings is 1. The first-order chi connectivity index (χ1) is 14.6. The molecule has 0 aliphatic carbocycles. The van der Waals surface area contributed by atoms with Crippen molar-refractivity contribution in [2.24, 2.45) is 5.92 Å². The number of aryl methyl sites for hydroxylation is 1. The van der Waals surface area contributed by atoms with Crippen LogP contribution >= 0.6 is 36.2 Å². The maximum Gasteiger partial charge on any atom is 0.263 e. The van der Waals surface area contributed by atoms with E-state index in [1.54, 1.807) is 15.9 Å². The zero-order chi connectivity index (χ0) is 20.9. The Morgan fingerprint density at radius 2 is 2.00 bits per heavy atom. The molecular weight excluding hydrogens is 467 g/mol. The molecule has 6 nitrogen and oxygen atoms in total. The molecule has 2 aromatic rings. The number of carbonyl (C=O) groups is 1. The zero-order valence-corrected chi connectivity index (χ0v) is 21.0. The van der Waals surface area contributed by atoms with Crippen LogP contribution < -0.4 is 16.2 Å². The van der Waals surface area contributed by atoms with E-state index in [1.807, 2.05) is 19.2 Å². The van der Waals surface area contributed by atoms with E-state index in [4.69, 9.17) is 0 Å². The number of nitrogens with zero attached hydrogens (tertiary/aromatic N) is 2. The lowest BCUT2D eigenvalue weighted by Gasteiger charge is -2.32. The third kappa shape index (κ3) is 6.81. The number of hydrogen-bond acceptors (Lipinski definition) is 5. The van der Waals surface area contributed by atoms with Gasteiger partial charge in [0.25, 0.3) is 11.5 Å². The second-order valence-corrected chi connectivity index (χ2v) is 9.68. The van der Waals surface area contributed by atoms with E-state index in [9.17, 15) is 9.59 Å². The van der Waals surface area contributed by atoms with Crippen LogP contribution in [0.3, 0.4) is 0 Å². The normalized spacial score (nSPS) is 19.6. The molecule has 0 spiro atoms. The largest absolute Gasteiger partial charge is 0.349 e. The third-order valence-electron chi connectivity index (χ3n) is 6.34. The Kier molecular flexibility index (Phi) is 10.7. The first-order valence-corrected chi connectivity index (χ1v) is 11.9. The summed E-state index contributed by atoms with van der Waals surface area (Å²) in [5.41, 5.74) is 0.904. The molecule has 0 radical (unpaired) electrons. The van der Waals surface area contributed by atoms with Crippen molar-refractivity contribution >= 4 is 42.1 Å². The number of thiophene rings is 1. The topological polar surface area (TPSA) is 66.4 Å². The van der Waals surface area contributed by atoms with Crippen LogP contribution in [0, 0.1) is 12.8 Å². The fourth-order valence-electron chi connectivity index (χ4n) is 4.56. The Hall–Kier alpha value is -1.38. The molecule has 0 bridgehead atoms. The Bertz CT molecular complexity index is 905. The molecule has 0 saturated carbocycles. The van der Waals surface area contributed by atoms with E-state index in [2.05, 4.69) is 33.0 Å². The van der Waals surface area contributed by atoms with Crippen LogP contribution in [0.2, 0.25) is 0 Å². The summed E-state index contributed by atoms with van der Waals surface area (Å²) >= 11 is 1.79. The van der Waals surface area contributed by atoms with Crippen LogP contribution in [-0.4, -0.2) is 47.6 Å². The second kappa shape index (κ2) is 12.8. The van der Waals surface area contributed by atoms with Crippen LogP contribution in [0.4, 0.5) is 0 Å². The average Bonchev–Trinajstić information content (AvgIpc) is 3.26. The molecule has 2 fully saturated rings. The number of nitrogens with one attached hydrogen (secondary N) is 2. The summed E-state index contributed by atoms with van der Waals surface area (Å²) in [6.07, 6.45) is 5.95. The fourth-order valence-corrected chi connectivity index (χ4v) is 5.31. The molecule has 2 aliphatic heterocycles. The van der Waals surface area contributed by atoms with E-state index in [0.29, 0.717) is 18.0 Å². The van der Waals surface area contributed by atoms with Gasteiger partial charge in [0, 0.05) is 43.3 Å². The molecule has 1 unspecified atom stereocenters. The van der Waals surface area contributed by atoms with Gasteiger partial charge in [0.1, 0.15) is 5.56 Å². The highest BCUT2D eigenvalue weighted by atomic mass is 35.5. The van der Waals surface area contributed by atoms with Crippen LogP contribution in [0.1, 0.15) is 46.5 Å². The van der Waals surface area contributed by atoms with E-state index in [-0.39, 0.29) is 42.3 Å². The molecule has 32 heavy (non-hydrogen) atoms.